The number of rotatable bonds is 6. The highest BCUT2D eigenvalue weighted by Crippen LogP contribution is 2.63. The van der Waals surface area contributed by atoms with E-state index in [0.29, 0.717) is 6.61 Å². The minimum absolute atomic E-state index is 0.287. The summed E-state index contributed by atoms with van der Waals surface area (Å²) in [5.74, 6) is 1.29. The summed E-state index contributed by atoms with van der Waals surface area (Å²) in [5.41, 5.74) is 15.5. The number of allylic oxidation sites excluding steroid dienone is 5. The van der Waals surface area contributed by atoms with Crippen molar-refractivity contribution in [2.45, 2.75) is 60.8 Å². The van der Waals surface area contributed by atoms with Crippen LogP contribution in [0.15, 0.2) is 78.2 Å². The Bertz CT molecular complexity index is 1470. The molecule has 0 amide bonds. The van der Waals surface area contributed by atoms with E-state index in [0.717, 1.165) is 12.2 Å². The maximum atomic E-state index is 6.48. The van der Waals surface area contributed by atoms with Crippen molar-refractivity contribution in [1.82, 2.24) is 4.90 Å². The third-order valence-corrected chi connectivity index (χ3v) is 8.23. The van der Waals surface area contributed by atoms with E-state index in [4.69, 9.17) is 4.74 Å². The Morgan fingerprint density at radius 1 is 0.718 bits per heavy atom. The molecule has 2 heteroatoms. The highest BCUT2D eigenvalue weighted by Gasteiger charge is 2.50. The van der Waals surface area contributed by atoms with Gasteiger partial charge in [-0.1, -0.05) is 88.0 Å². The van der Waals surface area contributed by atoms with Crippen molar-refractivity contribution in [3.8, 4) is 0 Å². The zero-order valence-electron chi connectivity index (χ0n) is 25.2. The lowest BCUT2D eigenvalue weighted by Crippen LogP contribution is -2.20. The Morgan fingerprint density at radius 3 is 1.69 bits per heavy atom. The first kappa shape index (κ1) is 27.1. The number of nitrogens with zero attached hydrogens (tertiary/aromatic N) is 1. The Balaban J connectivity index is 1.81. The lowest BCUT2D eigenvalue weighted by atomic mass is 9.69. The van der Waals surface area contributed by atoms with E-state index in [1.165, 1.54) is 66.9 Å². The van der Waals surface area contributed by atoms with Crippen molar-refractivity contribution in [1.29, 1.82) is 0 Å². The third kappa shape index (κ3) is 4.98. The fraction of sp³-hybridized carbons (Fsp3) is 0.351. The molecule has 2 aliphatic rings. The number of aryl methyl sites for hydroxylation is 6. The molecule has 0 saturated heterocycles. The van der Waals surface area contributed by atoms with Gasteiger partial charge in [0.25, 0.3) is 0 Å². The van der Waals surface area contributed by atoms with Crippen LogP contribution in [0.25, 0.3) is 11.1 Å². The lowest BCUT2D eigenvalue weighted by molar-refractivity contribution is 0.244. The maximum absolute atomic E-state index is 6.48. The molecule has 2 atom stereocenters. The van der Waals surface area contributed by atoms with Crippen molar-refractivity contribution >= 4 is 11.1 Å². The molecule has 0 aromatic heterocycles. The number of hydrogen-bond acceptors (Lipinski definition) is 2. The highest BCUT2D eigenvalue weighted by atomic mass is 16.5. The smallest absolute Gasteiger partial charge is 0.124 e. The minimum Gasteiger partial charge on any atom is -0.494 e. The second kappa shape index (κ2) is 10.2. The molecule has 0 aliphatic heterocycles. The molecule has 0 bridgehead atoms. The van der Waals surface area contributed by atoms with Crippen molar-refractivity contribution < 1.29 is 4.74 Å². The minimum atomic E-state index is -0.299. The van der Waals surface area contributed by atoms with Gasteiger partial charge in [0.1, 0.15) is 5.76 Å². The van der Waals surface area contributed by atoms with Gasteiger partial charge in [0, 0.05) is 36.7 Å². The molecule has 3 aromatic rings. The molecule has 0 fully saturated rings. The topological polar surface area (TPSA) is 12.5 Å². The quantitative estimate of drug-likeness (QED) is 0.323. The van der Waals surface area contributed by atoms with Gasteiger partial charge in [0.05, 0.1) is 6.61 Å². The van der Waals surface area contributed by atoms with E-state index in [-0.39, 0.29) is 11.3 Å². The van der Waals surface area contributed by atoms with Gasteiger partial charge >= 0.3 is 0 Å². The zero-order valence-corrected chi connectivity index (χ0v) is 25.2. The van der Waals surface area contributed by atoms with Crippen molar-refractivity contribution in [3.63, 3.8) is 0 Å². The fourth-order valence-electron chi connectivity index (χ4n) is 7.09. The monoisotopic (exact) mass is 517 g/mol. The van der Waals surface area contributed by atoms with E-state index in [9.17, 15) is 0 Å². The van der Waals surface area contributed by atoms with Crippen LogP contribution in [-0.4, -0.2) is 25.6 Å². The van der Waals surface area contributed by atoms with Crippen LogP contribution in [0.2, 0.25) is 0 Å². The number of hydrogen-bond donors (Lipinski definition) is 0. The molecule has 0 N–H and O–H groups in total. The largest absolute Gasteiger partial charge is 0.494 e. The van der Waals surface area contributed by atoms with Crippen LogP contribution in [0.5, 0.6) is 0 Å². The van der Waals surface area contributed by atoms with E-state index in [2.05, 4.69) is 134 Å². The first-order valence-corrected chi connectivity index (χ1v) is 14.3. The summed E-state index contributed by atoms with van der Waals surface area (Å²) in [6.45, 7) is 16.0. The summed E-state index contributed by atoms with van der Waals surface area (Å²) in [6.07, 6.45) is 5.89. The van der Waals surface area contributed by atoms with Crippen LogP contribution in [0.4, 0.5) is 0 Å². The van der Waals surface area contributed by atoms with E-state index in [1.807, 2.05) is 0 Å². The Labute approximate surface area is 235 Å². The molecule has 2 aliphatic carbocycles. The number of likely N-dealkylation sites (N-methyl/N-ethyl adjacent to an activating group) is 1. The molecule has 39 heavy (non-hydrogen) atoms. The van der Waals surface area contributed by atoms with Crippen molar-refractivity contribution in [2.75, 3.05) is 20.7 Å². The van der Waals surface area contributed by atoms with Crippen LogP contribution in [0.1, 0.15) is 69.3 Å². The molecule has 202 valence electrons. The average Bonchev–Trinajstić information content (AvgIpc) is 3.36. The Hall–Kier alpha value is -3.52. The van der Waals surface area contributed by atoms with Gasteiger partial charge in [-0.15, -0.1) is 0 Å². The fourth-order valence-corrected chi connectivity index (χ4v) is 7.09. The van der Waals surface area contributed by atoms with Crippen LogP contribution in [0, 0.1) is 47.0 Å². The molecular weight excluding hydrogens is 474 g/mol. The molecule has 0 saturated carbocycles. The van der Waals surface area contributed by atoms with E-state index < -0.39 is 0 Å². The van der Waals surface area contributed by atoms with Gasteiger partial charge in [-0.3, -0.25) is 0 Å². The molecule has 0 radical (unpaired) electrons. The predicted octanol–water partition coefficient (Wildman–Crippen LogP) is 9.00. The van der Waals surface area contributed by atoms with E-state index in [1.54, 1.807) is 0 Å². The summed E-state index contributed by atoms with van der Waals surface area (Å²) in [4.78, 5) is 2.33. The second-order valence-corrected chi connectivity index (χ2v) is 12.1. The van der Waals surface area contributed by atoms with Crippen LogP contribution >= 0.6 is 0 Å². The maximum Gasteiger partial charge on any atom is 0.124 e. The SMILES string of the molecule is CCOC1=C(c2cc(C)cc(C)c2)[C@@]2(C=C(N(C)C)C(c3cc(C)cc(C)c3)C2)C(c2cc(C)cc(C)c2)=C1. The van der Waals surface area contributed by atoms with Gasteiger partial charge in [-0.05, 0) is 89.3 Å². The van der Waals surface area contributed by atoms with Crippen LogP contribution in [0.3, 0.4) is 0 Å². The van der Waals surface area contributed by atoms with Gasteiger partial charge < -0.3 is 9.64 Å². The highest BCUT2D eigenvalue weighted by molar-refractivity contribution is 5.97. The molecule has 3 aromatic carbocycles. The molecule has 2 nitrogen and oxygen atoms in total. The summed E-state index contributed by atoms with van der Waals surface area (Å²) < 4.78 is 6.48. The third-order valence-electron chi connectivity index (χ3n) is 8.23. The molecular formula is C37H43NO. The average molecular weight is 518 g/mol. The van der Waals surface area contributed by atoms with Gasteiger partial charge in [-0.2, -0.15) is 0 Å². The summed E-state index contributed by atoms with van der Waals surface area (Å²) in [7, 11) is 4.39. The molecule has 0 heterocycles. The molecule has 5 rings (SSSR count). The van der Waals surface area contributed by atoms with E-state index >= 15 is 0 Å². The van der Waals surface area contributed by atoms with Gasteiger partial charge in [0.2, 0.25) is 0 Å². The normalized spacial score (nSPS) is 20.5. The predicted molar refractivity (Wildman–Crippen MR) is 166 cm³/mol. The standard InChI is InChI=1S/C37H43NO/c1-10-39-35-20-33(30-16-25(4)12-26(5)17-30)37(36(35)31-18-27(6)13-28(7)19-31)21-32(34(22-37)38(8)9)29-14-23(2)11-24(3)15-29/h11-20,22,32H,10,21H2,1-9H3/t32?,37-/m0/s1. The summed E-state index contributed by atoms with van der Waals surface area (Å²) >= 11 is 0. The van der Waals surface area contributed by atoms with Crippen LogP contribution < -0.4 is 0 Å². The Kier molecular flexibility index (Phi) is 7.10. The molecule has 1 unspecified atom stereocenters. The van der Waals surface area contributed by atoms with Gasteiger partial charge in [-0.25, -0.2) is 0 Å². The lowest BCUT2D eigenvalue weighted by Gasteiger charge is -2.32. The Morgan fingerprint density at radius 2 is 1.21 bits per heavy atom. The summed E-state index contributed by atoms with van der Waals surface area (Å²) in [5, 5.41) is 0. The van der Waals surface area contributed by atoms with Crippen molar-refractivity contribution in [3.05, 3.63) is 128 Å². The summed E-state index contributed by atoms with van der Waals surface area (Å²) in [6, 6.07) is 20.9. The van der Waals surface area contributed by atoms with Crippen molar-refractivity contribution in [2.24, 2.45) is 5.41 Å². The first-order chi connectivity index (χ1) is 18.5. The second-order valence-electron chi connectivity index (χ2n) is 12.1. The number of ether oxygens (including phenoxy) is 1. The van der Waals surface area contributed by atoms with Gasteiger partial charge in [0.15, 0.2) is 0 Å². The zero-order chi connectivity index (χ0) is 28.1. The first-order valence-electron chi connectivity index (χ1n) is 14.3. The number of benzene rings is 3. The van der Waals surface area contributed by atoms with Crippen LogP contribution in [-0.2, 0) is 4.74 Å². The molecule has 1 spiro atoms.